The van der Waals surface area contributed by atoms with Gasteiger partial charge in [0.1, 0.15) is 29.9 Å². The summed E-state index contributed by atoms with van der Waals surface area (Å²) in [7, 11) is 1.66. The van der Waals surface area contributed by atoms with E-state index in [-0.39, 0.29) is 5.91 Å². The fraction of sp³-hybridized carbons (Fsp3) is 0.263. The summed E-state index contributed by atoms with van der Waals surface area (Å²) < 4.78 is 6.88. The minimum atomic E-state index is -0.0562. The van der Waals surface area contributed by atoms with E-state index in [9.17, 15) is 4.79 Å². The van der Waals surface area contributed by atoms with Gasteiger partial charge in [-0.25, -0.2) is 4.98 Å². The molecular weight excluding hydrogens is 344 g/mol. The first-order valence-corrected chi connectivity index (χ1v) is 8.75. The van der Waals surface area contributed by atoms with Crippen LogP contribution in [0.4, 0.5) is 5.69 Å². The number of rotatable bonds is 4. The van der Waals surface area contributed by atoms with Crippen molar-refractivity contribution in [3.8, 4) is 11.6 Å². The van der Waals surface area contributed by atoms with Crippen LogP contribution in [0.25, 0.3) is 5.82 Å². The molecule has 0 spiro atoms. The topological polar surface area (TPSA) is 76.4 Å². The maximum Gasteiger partial charge on any atom is 0.272 e. The number of methoxy groups -OCH3 is 1. The SMILES string of the molecule is COc1ccc(N2CCN(C(=O)c3cccc(-n4cnnc4)n3)CC2)cc1. The number of piperazine rings is 1. The molecule has 138 valence electrons. The summed E-state index contributed by atoms with van der Waals surface area (Å²) in [5, 5.41) is 7.55. The Labute approximate surface area is 157 Å². The van der Waals surface area contributed by atoms with Crippen molar-refractivity contribution in [2.24, 2.45) is 0 Å². The van der Waals surface area contributed by atoms with E-state index in [0.29, 0.717) is 24.6 Å². The number of amides is 1. The predicted molar refractivity (Wildman–Crippen MR) is 100 cm³/mol. The first-order chi connectivity index (χ1) is 13.2. The maximum atomic E-state index is 12.8. The Morgan fingerprint density at radius 2 is 1.67 bits per heavy atom. The van der Waals surface area contributed by atoms with Crippen LogP contribution in [-0.4, -0.2) is 63.8 Å². The Balaban J connectivity index is 1.42. The largest absolute Gasteiger partial charge is 0.497 e. The van der Waals surface area contributed by atoms with E-state index in [0.717, 1.165) is 24.5 Å². The van der Waals surface area contributed by atoms with E-state index in [1.54, 1.807) is 30.4 Å². The molecule has 1 aromatic carbocycles. The summed E-state index contributed by atoms with van der Waals surface area (Å²) in [6, 6.07) is 13.4. The highest BCUT2D eigenvalue weighted by atomic mass is 16.5. The van der Waals surface area contributed by atoms with E-state index >= 15 is 0 Å². The van der Waals surface area contributed by atoms with Crippen molar-refractivity contribution < 1.29 is 9.53 Å². The second kappa shape index (κ2) is 7.45. The van der Waals surface area contributed by atoms with Crippen molar-refractivity contribution in [2.45, 2.75) is 0 Å². The standard InChI is InChI=1S/C19H20N6O2/c1-27-16-7-5-15(6-8-16)23-9-11-24(12-10-23)19(26)17-3-2-4-18(22-17)25-13-20-21-14-25/h2-8,13-14H,9-12H2,1H3. The smallest absolute Gasteiger partial charge is 0.272 e. The lowest BCUT2D eigenvalue weighted by atomic mass is 10.2. The molecule has 3 aromatic rings. The number of ether oxygens (including phenoxy) is 1. The monoisotopic (exact) mass is 364 g/mol. The molecule has 4 rings (SSSR count). The summed E-state index contributed by atoms with van der Waals surface area (Å²) in [5.74, 6) is 1.41. The number of benzene rings is 1. The summed E-state index contributed by atoms with van der Waals surface area (Å²) >= 11 is 0. The Kier molecular flexibility index (Phi) is 4.69. The molecule has 1 aliphatic rings. The molecule has 8 heteroatoms. The van der Waals surface area contributed by atoms with Crippen LogP contribution in [-0.2, 0) is 0 Å². The molecule has 0 radical (unpaired) electrons. The van der Waals surface area contributed by atoms with Crippen LogP contribution in [0.1, 0.15) is 10.5 Å². The van der Waals surface area contributed by atoms with Gasteiger partial charge >= 0.3 is 0 Å². The Hall–Kier alpha value is -3.42. The van der Waals surface area contributed by atoms with Gasteiger partial charge in [-0.3, -0.25) is 9.36 Å². The number of hydrogen-bond acceptors (Lipinski definition) is 6. The summed E-state index contributed by atoms with van der Waals surface area (Å²) in [6.07, 6.45) is 3.12. The first-order valence-electron chi connectivity index (χ1n) is 8.75. The average Bonchev–Trinajstić information content (AvgIpc) is 3.29. The molecule has 1 saturated heterocycles. The summed E-state index contributed by atoms with van der Waals surface area (Å²) in [6.45, 7) is 2.87. The molecule has 1 aliphatic heterocycles. The van der Waals surface area contributed by atoms with Gasteiger partial charge in [-0.15, -0.1) is 10.2 Å². The molecule has 0 saturated carbocycles. The molecule has 8 nitrogen and oxygen atoms in total. The molecule has 1 fully saturated rings. The van der Waals surface area contributed by atoms with Gasteiger partial charge < -0.3 is 14.5 Å². The van der Waals surface area contributed by atoms with Crippen LogP contribution in [0.5, 0.6) is 5.75 Å². The molecule has 1 amide bonds. The van der Waals surface area contributed by atoms with Crippen molar-refractivity contribution in [3.05, 3.63) is 60.8 Å². The summed E-state index contributed by atoms with van der Waals surface area (Å²) in [5.41, 5.74) is 1.56. The lowest BCUT2D eigenvalue weighted by Crippen LogP contribution is -2.49. The van der Waals surface area contributed by atoms with Gasteiger partial charge in [0.25, 0.3) is 5.91 Å². The molecular formula is C19H20N6O2. The zero-order chi connectivity index (χ0) is 18.6. The number of carbonyl (C=O) groups is 1. The van der Waals surface area contributed by atoms with Gasteiger partial charge in [0.05, 0.1) is 7.11 Å². The van der Waals surface area contributed by atoms with Crippen LogP contribution in [0.3, 0.4) is 0 Å². The third-order valence-corrected chi connectivity index (χ3v) is 4.64. The second-order valence-corrected chi connectivity index (χ2v) is 6.23. The predicted octanol–water partition coefficient (Wildman–Crippen LogP) is 1.63. The first kappa shape index (κ1) is 17.0. The van der Waals surface area contributed by atoms with Gasteiger partial charge in [-0.2, -0.15) is 0 Å². The van der Waals surface area contributed by atoms with Crippen molar-refractivity contribution in [1.82, 2.24) is 24.6 Å². The second-order valence-electron chi connectivity index (χ2n) is 6.23. The normalized spacial score (nSPS) is 14.3. The molecule has 0 aliphatic carbocycles. The van der Waals surface area contributed by atoms with E-state index in [1.807, 2.05) is 41.3 Å². The van der Waals surface area contributed by atoms with Gasteiger partial charge in [0, 0.05) is 31.9 Å². The zero-order valence-corrected chi connectivity index (χ0v) is 15.0. The highest BCUT2D eigenvalue weighted by Gasteiger charge is 2.23. The summed E-state index contributed by atoms with van der Waals surface area (Å²) in [4.78, 5) is 21.4. The van der Waals surface area contributed by atoms with Crippen molar-refractivity contribution >= 4 is 11.6 Å². The molecule has 0 N–H and O–H groups in total. The van der Waals surface area contributed by atoms with E-state index in [2.05, 4.69) is 20.1 Å². The Morgan fingerprint density at radius 3 is 2.33 bits per heavy atom. The minimum absolute atomic E-state index is 0.0562. The third-order valence-electron chi connectivity index (χ3n) is 4.64. The number of pyridine rings is 1. The third kappa shape index (κ3) is 3.59. The highest BCUT2D eigenvalue weighted by Crippen LogP contribution is 2.21. The number of hydrogen-bond donors (Lipinski definition) is 0. The maximum absolute atomic E-state index is 12.8. The fourth-order valence-electron chi connectivity index (χ4n) is 3.13. The highest BCUT2D eigenvalue weighted by molar-refractivity contribution is 5.92. The number of nitrogens with zero attached hydrogens (tertiary/aromatic N) is 6. The quantitative estimate of drug-likeness (QED) is 0.700. The Morgan fingerprint density at radius 1 is 0.963 bits per heavy atom. The minimum Gasteiger partial charge on any atom is -0.497 e. The van der Waals surface area contributed by atoms with Crippen LogP contribution < -0.4 is 9.64 Å². The molecule has 27 heavy (non-hydrogen) atoms. The van der Waals surface area contributed by atoms with Crippen molar-refractivity contribution in [3.63, 3.8) is 0 Å². The Bertz CT molecular complexity index is 902. The fourth-order valence-corrected chi connectivity index (χ4v) is 3.13. The molecule has 0 atom stereocenters. The van der Waals surface area contributed by atoms with Crippen LogP contribution in [0.15, 0.2) is 55.1 Å². The number of anilines is 1. The van der Waals surface area contributed by atoms with Gasteiger partial charge in [0.2, 0.25) is 0 Å². The van der Waals surface area contributed by atoms with Crippen LogP contribution in [0, 0.1) is 0 Å². The average molecular weight is 364 g/mol. The van der Waals surface area contributed by atoms with Gasteiger partial charge in [0.15, 0.2) is 0 Å². The number of aromatic nitrogens is 4. The van der Waals surface area contributed by atoms with Crippen molar-refractivity contribution in [1.29, 1.82) is 0 Å². The van der Waals surface area contributed by atoms with Gasteiger partial charge in [-0.05, 0) is 36.4 Å². The van der Waals surface area contributed by atoms with E-state index < -0.39 is 0 Å². The zero-order valence-electron chi connectivity index (χ0n) is 15.0. The van der Waals surface area contributed by atoms with Gasteiger partial charge in [-0.1, -0.05) is 6.07 Å². The molecule has 2 aromatic heterocycles. The lowest BCUT2D eigenvalue weighted by Gasteiger charge is -2.36. The molecule has 0 bridgehead atoms. The lowest BCUT2D eigenvalue weighted by molar-refractivity contribution is 0.0741. The van der Waals surface area contributed by atoms with Crippen LogP contribution in [0.2, 0.25) is 0 Å². The van der Waals surface area contributed by atoms with E-state index in [1.165, 1.54) is 0 Å². The van der Waals surface area contributed by atoms with E-state index in [4.69, 9.17) is 4.74 Å². The van der Waals surface area contributed by atoms with Crippen molar-refractivity contribution in [2.75, 3.05) is 38.2 Å². The van der Waals surface area contributed by atoms with Crippen LogP contribution >= 0.6 is 0 Å². The molecule has 0 unspecified atom stereocenters. The number of carbonyl (C=O) groups excluding carboxylic acids is 1. The molecule has 3 heterocycles.